The summed E-state index contributed by atoms with van der Waals surface area (Å²) in [7, 11) is 0. The van der Waals surface area contributed by atoms with Crippen LogP contribution in [-0.2, 0) is 11.3 Å². The second kappa shape index (κ2) is 8.16. The summed E-state index contributed by atoms with van der Waals surface area (Å²) in [6.45, 7) is 2.56. The molecule has 0 aliphatic carbocycles. The Morgan fingerprint density at radius 1 is 1.08 bits per heavy atom. The topological polar surface area (TPSA) is 46.6 Å². The molecule has 0 N–H and O–H groups in total. The third-order valence-electron chi connectivity index (χ3n) is 3.69. The number of ether oxygens (including phenoxy) is 1. The fourth-order valence-electron chi connectivity index (χ4n) is 2.47. The smallest absolute Gasteiger partial charge is 0.293 e. The minimum Gasteiger partial charge on any atom is -0.493 e. The number of hydrogen-bond acceptors (Lipinski definition) is 4. The molecular formula is C19H15Cl2NO3S. The molecule has 7 heteroatoms. The molecule has 0 saturated carbocycles. The lowest BCUT2D eigenvalue weighted by Gasteiger charge is -2.12. The van der Waals surface area contributed by atoms with Gasteiger partial charge in [0.05, 0.1) is 18.1 Å². The Hall–Kier alpha value is -1.95. The highest BCUT2D eigenvalue weighted by Gasteiger charge is 2.35. The van der Waals surface area contributed by atoms with Crippen molar-refractivity contribution < 1.29 is 14.3 Å². The lowest BCUT2D eigenvalue weighted by Crippen LogP contribution is -2.27. The molecule has 0 bridgehead atoms. The number of nitrogens with zero attached hydrogens (tertiary/aromatic N) is 1. The van der Waals surface area contributed by atoms with Crippen molar-refractivity contribution in [3.05, 3.63) is 68.5 Å². The van der Waals surface area contributed by atoms with Gasteiger partial charge in [0, 0.05) is 15.6 Å². The fraction of sp³-hybridized carbons (Fsp3) is 0.158. The van der Waals surface area contributed by atoms with Crippen LogP contribution in [0.15, 0.2) is 47.4 Å². The van der Waals surface area contributed by atoms with Crippen LogP contribution in [0.1, 0.15) is 18.1 Å². The molecule has 0 unspecified atom stereocenters. The third-order valence-corrected chi connectivity index (χ3v) is 5.08. The fourth-order valence-corrected chi connectivity index (χ4v) is 3.60. The number of halogens is 2. The van der Waals surface area contributed by atoms with Crippen LogP contribution in [0.3, 0.4) is 0 Å². The van der Waals surface area contributed by atoms with Crippen molar-refractivity contribution in [2.24, 2.45) is 0 Å². The van der Waals surface area contributed by atoms with Gasteiger partial charge in [0.1, 0.15) is 5.75 Å². The molecule has 134 valence electrons. The monoisotopic (exact) mass is 407 g/mol. The number of carbonyl (C=O) groups is 2. The number of benzene rings is 2. The number of rotatable bonds is 5. The number of carbonyl (C=O) groups excluding carboxylic acids is 2. The second-order valence-electron chi connectivity index (χ2n) is 5.51. The van der Waals surface area contributed by atoms with Crippen LogP contribution in [0, 0.1) is 0 Å². The lowest BCUT2D eigenvalue weighted by molar-refractivity contribution is -0.123. The van der Waals surface area contributed by atoms with Crippen LogP contribution in [0.4, 0.5) is 4.79 Å². The molecule has 0 radical (unpaired) electrons. The maximum Gasteiger partial charge on any atom is 0.293 e. The maximum atomic E-state index is 12.7. The summed E-state index contributed by atoms with van der Waals surface area (Å²) in [4.78, 5) is 26.5. The van der Waals surface area contributed by atoms with Gasteiger partial charge < -0.3 is 4.74 Å². The summed E-state index contributed by atoms with van der Waals surface area (Å²) in [6.07, 6.45) is 1.64. The largest absolute Gasteiger partial charge is 0.493 e. The van der Waals surface area contributed by atoms with Crippen LogP contribution in [0.25, 0.3) is 6.08 Å². The molecule has 2 aromatic rings. The van der Waals surface area contributed by atoms with E-state index in [4.69, 9.17) is 27.9 Å². The third kappa shape index (κ3) is 4.23. The van der Waals surface area contributed by atoms with Crippen LogP contribution >= 0.6 is 35.0 Å². The Balaban J connectivity index is 1.85. The molecule has 4 nitrogen and oxygen atoms in total. The van der Waals surface area contributed by atoms with Crippen molar-refractivity contribution in [3.63, 3.8) is 0 Å². The van der Waals surface area contributed by atoms with Gasteiger partial charge in [-0.25, -0.2) is 0 Å². The van der Waals surface area contributed by atoms with Crippen LogP contribution in [0.5, 0.6) is 5.75 Å². The zero-order valence-electron chi connectivity index (χ0n) is 13.9. The Labute approximate surface area is 165 Å². The van der Waals surface area contributed by atoms with Crippen molar-refractivity contribution in [2.75, 3.05) is 6.61 Å². The molecule has 1 saturated heterocycles. The molecule has 0 spiro atoms. The zero-order valence-corrected chi connectivity index (χ0v) is 16.2. The Morgan fingerprint density at radius 3 is 2.46 bits per heavy atom. The molecule has 1 aliphatic rings. The maximum absolute atomic E-state index is 12.7. The summed E-state index contributed by atoms with van der Waals surface area (Å²) in [6, 6.07) is 12.2. The number of thioether (sulfide) groups is 1. The van der Waals surface area contributed by atoms with Crippen molar-refractivity contribution in [1.82, 2.24) is 4.90 Å². The summed E-state index contributed by atoms with van der Waals surface area (Å²) >= 11 is 12.8. The first-order chi connectivity index (χ1) is 12.5. The minimum atomic E-state index is -0.336. The molecule has 1 fully saturated rings. The van der Waals surface area contributed by atoms with Gasteiger partial charge in [0.15, 0.2) is 0 Å². The van der Waals surface area contributed by atoms with Crippen LogP contribution < -0.4 is 4.74 Å². The highest BCUT2D eigenvalue weighted by Crippen LogP contribution is 2.35. The number of amides is 2. The number of hydrogen-bond donors (Lipinski definition) is 0. The summed E-state index contributed by atoms with van der Waals surface area (Å²) in [5.74, 6) is 0.277. The lowest BCUT2D eigenvalue weighted by atomic mass is 10.1. The average Bonchev–Trinajstić information content (AvgIpc) is 2.87. The van der Waals surface area contributed by atoms with Crippen LogP contribution in [-0.4, -0.2) is 22.7 Å². The summed E-state index contributed by atoms with van der Waals surface area (Å²) < 4.78 is 5.56. The quantitative estimate of drug-likeness (QED) is 0.602. The van der Waals surface area contributed by atoms with E-state index in [0.29, 0.717) is 32.9 Å². The predicted molar refractivity (Wildman–Crippen MR) is 106 cm³/mol. The molecule has 26 heavy (non-hydrogen) atoms. The SMILES string of the molecule is CCOc1ccc(Cl)cc1/C=C1\SC(=O)N(Cc2ccc(Cl)cc2)C1=O. The molecule has 2 aromatic carbocycles. The second-order valence-corrected chi connectivity index (χ2v) is 7.38. The molecule has 0 atom stereocenters. The van der Waals surface area contributed by atoms with E-state index in [9.17, 15) is 9.59 Å². The van der Waals surface area contributed by atoms with E-state index in [-0.39, 0.29) is 17.7 Å². The van der Waals surface area contributed by atoms with Gasteiger partial charge >= 0.3 is 0 Å². The first kappa shape index (κ1) is 18.8. The van der Waals surface area contributed by atoms with Gasteiger partial charge in [-0.1, -0.05) is 35.3 Å². The molecule has 1 aliphatic heterocycles. The molecule has 0 aromatic heterocycles. The summed E-state index contributed by atoms with van der Waals surface area (Å²) in [5, 5.41) is 0.823. The summed E-state index contributed by atoms with van der Waals surface area (Å²) in [5.41, 5.74) is 1.49. The molecule has 2 amide bonds. The zero-order chi connectivity index (χ0) is 18.7. The number of imide groups is 1. The standard InChI is InChI=1S/C19H15Cl2NO3S/c1-2-25-16-8-7-15(21)9-13(16)10-17-18(23)22(19(24)26-17)11-12-3-5-14(20)6-4-12/h3-10H,2,11H2,1H3/b17-10-. The van der Waals surface area contributed by atoms with Crippen molar-refractivity contribution >= 4 is 52.2 Å². The Kier molecular flexibility index (Phi) is 5.91. The van der Waals surface area contributed by atoms with E-state index in [0.717, 1.165) is 17.3 Å². The van der Waals surface area contributed by atoms with E-state index in [1.807, 2.05) is 6.92 Å². The van der Waals surface area contributed by atoms with E-state index in [2.05, 4.69) is 0 Å². The molecule has 1 heterocycles. The Bertz CT molecular complexity index is 881. The minimum absolute atomic E-state index is 0.201. The predicted octanol–water partition coefficient (Wildman–Crippen LogP) is 5.63. The van der Waals surface area contributed by atoms with Gasteiger partial charge in [0.25, 0.3) is 11.1 Å². The van der Waals surface area contributed by atoms with Gasteiger partial charge in [-0.15, -0.1) is 0 Å². The normalized spacial score (nSPS) is 15.8. The first-order valence-electron chi connectivity index (χ1n) is 7.90. The van der Waals surface area contributed by atoms with Crippen molar-refractivity contribution in [1.29, 1.82) is 0 Å². The van der Waals surface area contributed by atoms with Crippen LogP contribution in [0.2, 0.25) is 10.0 Å². The molecule has 3 rings (SSSR count). The average molecular weight is 408 g/mol. The first-order valence-corrected chi connectivity index (χ1v) is 9.47. The van der Waals surface area contributed by atoms with E-state index >= 15 is 0 Å². The van der Waals surface area contributed by atoms with Gasteiger partial charge in [-0.2, -0.15) is 0 Å². The Morgan fingerprint density at radius 2 is 1.77 bits per heavy atom. The van der Waals surface area contributed by atoms with Crippen molar-refractivity contribution in [3.8, 4) is 5.75 Å². The van der Waals surface area contributed by atoms with Gasteiger partial charge in [-0.3, -0.25) is 14.5 Å². The highest BCUT2D eigenvalue weighted by atomic mass is 35.5. The van der Waals surface area contributed by atoms with E-state index in [1.54, 1.807) is 48.5 Å². The molecular weight excluding hydrogens is 393 g/mol. The van der Waals surface area contributed by atoms with Gasteiger partial charge in [-0.05, 0) is 60.7 Å². The van der Waals surface area contributed by atoms with E-state index in [1.165, 1.54) is 4.90 Å². The van der Waals surface area contributed by atoms with Crippen molar-refractivity contribution in [2.45, 2.75) is 13.5 Å². The van der Waals surface area contributed by atoms with E-state index < -0.39 is 0 Å². The highest BCUT2D eigenvalue weighted by molar-refractivity contribution is 8.18. The van der Waals surface area contributed by atoms with Gasteiger partial charge in [0.2, 0.25) is 0 Å².